The van der Waals surface area contributed by atoms with E-state index in [9.17, 15) is 9.59 Å². The summed E-state index contributed by atoms with van der Waals surface area (Å²) in [5, 5.41) is 6.09. The SMILES string of the molecule is CC(NC(=O)c1ccc(C(C)(C)C)cc1)C(=O)NCCc1cc(Cl)c2c(c1)OCCO2. The number of hydrogen-bond donors (Lipinski definition) is 2. The van der Waals surface area contributed by atoms with Gasteiger partial charge in [-0.25, -0.2) is 0 Å². The van der Waals surface area contributed by atoms with Crippen LogP contribution in [0.5, 0.6) is 11.5 Å². The minimum absolute atomic E-state index is 0.0175. The first-order chi connectivity index (χ1) is 14.6. The summed E-state index contributed by atoms with van der Waals surface area (Å²) in [7, 11) is 0. The fourth-order valence-corrected chi connectivity index (χ4v) is 3.55. The van der Waals surface area contributed by atoms with Gasteiger partial charge in [-0.05, 0) is 54.2 Å². The number of hydrogen-bond acceptors (Lipinski definition) is 4. The minimum atomic E-state index is -0.654. The summed E-state index contributed by atoms with van der Waals surface area (Å²) in [6.45, 7) is 9.40. The van der Waals surface area contributed by atoms with Crippen LogP contribution in [0.15, 0.2) is 36.4 Å². The third-order valence-electron chi connectivity index (χ3n) is 5.12. The van der Waals surface area contributed by atoms with Gasteiger partial charge in [-0.15, -0.1) is 0 Å². The largest absolute Gasteiger partial charge is 0.486 e. The van der Waals surface area contributed by atoms with Gasteiger partial charge in [-0.3, -0.25) is 9.59 Å². The van der Waals surface area contributed by atoms with E-state index >= 15 is 0 Å². The quantitative estimate of drug-likeness (QED) is 0.708. The topological polar surface area (TPSA) is 76.7 Å². The molecule has 6 nitrogen and oxygen atoms in total. The summed E-state index contributed by atoms with van der Waals surface area (Å²) in [5.41, 5.74) is 2.63. The molecule has 1 atom stereocenters. The average Bonchev–Trinajstić information content (AvgIpc) is 2.73. The second-order valence-corrected chi connectivity index (χ2v) is 9.07. The zero-order valence-electron chi connectivity index (χ0n) is 18.4. The summed E-state index contributed by atoms with van der Waals surface area (Å²) < 4.78 is 11.1. The average molecular weight is 445 g/mol. The monoisotopic (exact) mass is 444 g/mol. The maximum absolute atomic E-state index is 12.5. The Morgan fingerprint density at radius 3 is 2.45 bits per heavy atom. The zero-order chi connectivity index (χ0) is 22.6. The Kier molecular flexibility index (Phi) is 7.11. The first-order valence-corrected chi connectivity index (χ1v) is 10.8. The van der Waals surface area contributed by atoms with Gasteiger partial charge >= 0.3 is 0 Å². The molecule has 2 aromatic rings. The predicted molar refractivity (Wildman–Crippen MR) is 121 cm³/mol. The molecular weight excluding hydrogens is 416 g/mol. The van der Waals surface area contributed by atoms with Crippen LogP contribution < -0.4 is 20.1 Å². The molecule has 0 saturated carbocycles. The van der Waals surface area contributed by atoms with Gasteiger partial charge in [0, 0.05) is 12.1 Å². The Morgan fingerprint density at radius 1 is 1.10 bits per heavy atom. The Morgan fingerprint density at radius 2 is 1.77 bits per heavy atom. The van der Waals surface area contributed by atoms with Crippen molar-refractivity contribution in [2.75, 3.05) is 19.8 Å². The molecule has 2 amide bonds. The van der Waals surface area contributed by atoms with Crippen molar-refractivity contribution in [1.29, 1.82) is 0 Å². The first kappa shape index (κ1) is 22.9. The number of benzene rings is 2. The molecule has 1 aliphatic heterocycles. The Balaban J connectivity index is 1.49. The summed E-state index contributed by atoms with van der Waals surface area (Å²) in [6, 6.07) is 10.5. The highest BCUT2D eigenvalue weighted by atomic mass is 35.5. The lowest BCUT2D eigenvalue weighted by Gasteiger charge is -2.20. The normalized spacial score (nSPS) is 14.0. The molecule has 2 N–H and O–H groups in total. The van der Waals surface area contributed by atoms with E-state index in [4.69, 9.17) is 21.1 Å². The van der Waals surface area contributed by atoms with Crippen LogP contribution in [0.1, 0.15) is 49.2 Å². The van der Waals surface area contributed by atoms with E-state index in [0.717, 1.165) is 11.1 Å². The lowest BCUT2D eigenvalue weighted by Crippen LogP contribution is -2.45. The van der Waals surface area contributed by atoms with Gasteiger partial charge in [-0.2, -0.15) is 0 Å². The number of carbonyl (C=O) groups is 2. The van der Waals surface area contributed by atoms with Crippen molar-refractivity contribution in [2.45, 2.75) is 45.6 Å². The second-order valence-electron chi connectivity index (χ2n) is 8.67. The van der Waals surface area contributed by atoms with Crippen molar-refractivity contribution >= 4 is 23.4 Å². The molecule has 0 bridgehead atoms. The zero-order valence-corrected chi connectivity index (χ0v) is 19.1. The third kappa shape index (κ3) is 5.91. The van der Waals surface area contributed by atoms with E-state index in [1.54, 1.807) is 19.1 Å². The van der Waals surface area contributed by atoms with Crippen molar-refractivity contribution in [2.24, 2.45) is 0 Å². The molecule has 2 aromatic carbocycles. The number of carbonyl (C=O) groups excluding carboxylic acids is 2. The number of fused-ring (bicyclic) bond motifs is 1. The Bertz CT molecular complexity index is 951. The van der Waals surface area contributed by atoms with Crippen LogP contribution >= 0.6 is 11.6 Å². The van der Waals surface area contributed by atoms with Gasteiger partial charge < -0.3 is 20.1 Å². The minimum Gasteiger partial charge on any atom is -0.486 e. The number of ether oxygens (including phenoxy) is 2. The molecular formula is C24H29ClN2O4. The van der Waals surface area contributed by atoms with Crippen LogP contribution in [0.3, 0.4) is 0 Å². The van der Waals surface area contributed by atoms with E-state index < -0.39 is 6.04 Å². The highest BCUT2D eigenvalue weighted by molar-refractivity contribution is 6.32. The fraction of sp³-hybridized carbons (Fsp3) is 0.417. The summed E-state index contributed by atoms with van der Waals surface area (Å²) in [4.78, 5) is 24.8. The lowest BCUT2D eigenvalue weighted by molar-refractivity contribution is -0.122. The fourth-order valence-electron chi connectivity index (χ4n) is 3.26. The molecule has 1 unspecified atom stereocenters. The molecule has 1 heterocycles. The molecule has 0 fully saturated rings. The van der Waals surface area contributed by atoms with Crippen LogP contribution in [0.25, 0.3) is 0 Å². The maximum atomic E-state index is 12.5. The first-order valence-electron chi connectivity index (χ1n) is 10.4. The third-order valence-corrected chi connectivity index (χ3v) is 5.40. The van der Waals surface area contributed by atoms with Crippen LogP contribution in [0.4, 0.5) is 0 Å². The van der Waals surface area contributed by atoms with E-state index in [1.165, 1.54) is 0 Å². The Labute approximate surface area is 188 Å². The van der Waals surface area contributed by atoms with Crippen molar-refractivity contribution in [1.82, 2.24) is 10.6 Å². The molecule has 31 heavy (non-hydrogen) atoms. The summed E-state index contributed by atoms with van der Waals surface area (Å²) >= 11 is 6.25. The van der Waals surface area contributed by atoms with Gasteiger partial charge in [0.1, 0.15) is 19.3 Å². The van der Waals surface area contributed by atoms with E-state index in [0.29, 0.717) is 48.3 Å². The van der Waals surface area contributed by atoms with E-state index in [-0.39, 0.29) is 17.2 Å². The number of rotatable bonds is 6. The van der Waals surface area contributed by atoms with Gasteiger partial charge in [0.25, 0.3) is 5.91 Å². The molecule has 0 aliphatic carbocycles. The summed E-state index contributed by atoms with van der Waals surface area (Å²) in [5.74, 6) is 0.663. The molecule has 0 spiro atoms. The number of nitrogens with one attached hydrogen (secondary N) is 2. The maximum Gasteiger partial charge on any atom is 0.251 e. The Hall–Kier alpha value is -2.73. The molecule has 0 radical (unpaired) electrons. The van der Waals surface area contributed by atoms with Gasteiger partial charge in [0.15, 0.2) is 11.5 Å². The van der Waals surface area contributed by atoms with Gasteiger partial charge in [0.05, 0.1) is 5.02 Å². The molecule has 0 aromatic heterocycles. The standard InChI is InChI=1S/C24H29ClN2O4/c1-15(27-23(29)17-5-7-18(8-6-17)24(2,3)4)22(28)26-10-9-16-13-19(25)21-20(14-16)30-11-12-31-21/h5-8,13-15H,9-12H2,1-4H3,(H,26,28)(H,27,29). The van der Waals surface area contributed by atoms with Crippen LogP contribution in [0, 0.1) is 0 Å². The molecule has 1 aliphatic rings. The number of amides is 2. The summed E-state index contributed by atoms with van der Waals surface area (Å²) in [6.07, 6.45) is 0.580. The second kappa shape index (κ2) is 9.60. The van der Waals surface area contributed by atoms with E-state index in [1.807, 2.05) is 24.3 Å². The molecule has 0 saturated heterocycles. The van der Waals surface area contributed by atoms with Crippen LogP contribution in [0.2, 0.25) is 5.02 Å². The number of halogens is 1. The van der Waals surface area contributed by atoms with Crippen molar-refractivity contribution < 1.29 is 19.1 Å². The van der Waals surface area contributed by atoms with E-state index in [2.05, 4.69) is 31.4 Å². The smallest absolute Gasteiger partial charge is 0.251 e. The highest BCUT2D eigenvalue weighted by Crippen LogP contribution is 2.38. The van der Waals surface area contributed by atoms with Crippen LogP contribution in [-0.4, -0.2) is 37.6 Å². The highest BCUT2D eigenvalue weighted by Gasteiger charge is 2.19. The van der Waals surface area contributed by atoms with Crippen molar-refractivity contribution in [3.05, 3.63) is 58.1 Å². The van der Waals surface area contributed by atoms with Crippen molar-refractivity contribution in [3.8, 4) is 11.5 Å². The molecule has 3 rings (SSSR count). The van der Waals surface area contributed by atoms with Gasteiger partial charge in [-0.1, -0.05) is 44.5 Å². The van der Waals surface area contributed by atoms with Crippen molar-refractivity contribution in [3.63, 3.8) is 0 Å². The van der Waals surface area contributed by atoms with Crippen LogP contribution in [-0.2, 0) is 16.6 Å². The molecule has 7 heteroatoms. The van der Waals surface area contributed by atoms with Gasteiger partial charge in [0.2, 0.25) is 5.91 Å². The molecule has 166 valence electrons. The lowest BCUT2D eigenvalue weighted by atomic mass is 9.86. The predicted octanol–water partition coefficient (Wildman–Crippen LogP) is 3.89.